The molecule has 5 nitrogen and oxygen atoms in total. The second-order valence-electron chi connectivity index (χ2n) is 4.66. The smallest absolute Gasteiger partial charge is 0.335 e. The van der Waals surface area contributed by atoms with E-state index >= 15 is 0 Å². The Morgan fingerprint density at radius 2 is 1.95 bits per heavy atom. The molecule has 0 aromatic heterocycles. The summed E-state index contributed by atoms with van der Waals surface area (Å²) in [4.78, 5) is 24.3. The number of carboxylic acid groups (broad SMARTS) is 1. The first kappa shape index (κ1) is 13.5. The van der Waals surface area contributed by atoms with Gasteiger partial charge in [-0.2, -0.15) is 0 Å². The zero-order chi connectivity index (χ0) is 13.8. The van der Waals surface area contributed by atoms with Crippen LogP contribution < -0.4 is 0 Å². The van der Waals surface area contributed by atoms with E-state index in [9.17, 15) is 9.59 Å². The SMILES string of the molecule is COC1CN(C(=O)CCc2ccc(C(=O)O)cc2)C1. The van der Waals surface area contributed by atoms with E-state index in [0.29, 0.717) is 25.9 Å². The fourth-order valence-corrected chi connectivity index (χ4v) is 2.01. The van der Waals surface area contributed by atoms with Gasteiger partial charge in [0.2, 0.25) is 5.91 Å². The number of aryl methyl sites for hydroxylation is 1. The number of methoxy groups -OCH3 is 1. The third kappa shape index (κ3) is 3.32. The topological polar surface area (TPSA) is 66.8 Å². The predicted molar refractivity (Wildman–Crippen MR) is 69.1 cm³/mol. The van der Waals surface area contributed by atoms with Gasteiger partial charge in [-0.15, -0.1) is 0 Å². The molecule has 1 heterocycles. The number of amides is 1. The van der Waals surface area contributed by atoms with Crippen LogP contribution in [0.4, 0.5) is 0 Å². The summed E-state index contributed by atoms with van der Waals surface area (Å²) in [7, 11) is 1.65. The molecule has 1 aliphatic heterocycles. The lowest BCUT2D eigenvalue weighted by molar-refractivity contribution is -0.142. The van der Waals surface area contributed by atoms with Crippen LogP contribution in [0.1, 0.15) is 22.3 Å². The van der Waals surface area contributed by atoms with E-state index in [1.807, 2.05) is 0 Å². The van der Waals surface area contributed by atoms with Gasteiger partial charge in [0.1, 0.15) is 0 Å². The molecule has 102 valence electrons. The number of ether oxygens (including phenoxy) is 1. The molecule has 0 atom stereocenters. The minimum Gasteiger partial charge on any atom is -0.478 e. The maximum Gasteiger partial charge on any atom is 0.335 e. The van der Waals surface area contributed by atoms with Gasteiger partial charge < -0.3 is 14.7 Å². The van der Waals surface area contributed by atoms with Crippen LogP contribution in [0.25, 0.3) is 0 Å². The number of carbonyl (C=O) groups excluding carboxylic acids is 1. The molecule has 1 N–H and O–H groups in total. The van der Waals surface area contributed by atoms with Crippen molar-refractivity contribution >= 4 is 11.9 Å². The van der Waals surface area contributed by atoms with Crippen LogP contribution in [0.15, 0.2) is 24.3 Å². The first-order valence-electron chi connectivity index (χ1n) is 6.23. The van der Waals surface area contributed by atoms with Crippen LogP contribution in [0, 0.1) is 0 Å². The molecule has 0 radical (unpaired) electrons. The molecule has 2 rings (SSSR count). The van der Waals surface area contributed by atoms with Crippen molar-refractivity contribution < 1.29 is 19.4 Å². The first-order chi connectivity index (χ1) is 9.10. The molecule has 1 fully saturated rings. The van der Waals surface area contributed by atoms with Gasteiger partial charge in [-0.05, 0) is 24.1 Å². The van der Waals surface area contributed by atoms with Crippen molar-refractivity contribution in [1.82, 2.24) is 4.90 Å². The van der Waals surface area contributed by atoms with Gasteiger partial charge in [0.05, 0.1) is 11.7 Å². The summed E-state index contributed by atoms with van der Waals surface area (Å²) in [5.41, 5.74) is 1.24. The molecule has 0 unspecified atom stereocenters. The van der Waals surface area contributed by atoms with E-state index in [-0.39, 0.29) is 17.6 Å². The average molecular weight is 263 g/mol. The lowest BCUT2D eigenvalue weighted by atomic mass is 10.1. The highest BCUT2D eigenvalue weighted by atomic mass is 16.5. The second-order valence-corrected chi connectivity index (χ2v) is 4.66. The number of likely N-dealkylation sites (tertiary alicyclic amines) is 1. The van der Waals surface area contributed by atoms with Gasteiger partial charge in [-0.25, -0.2) is 4.79 Å². The zero-order valence-corrected chi connectivity index (χ0v) is 10.8. The summed E-state index contributed by atoms with van der Waals surface area (Å²) in [5, 5.41) is 8.78. The third-order valence-electron chi connectivity index (χ3n) is 3.36. The summed E-state index contributed by atoms with van der Waals surface area (Å²) in [6.45, 7) is 1.35. The monoisotopic (exact) mass is 263 g/mol. The number of hydrogen-bond acceptors (Lipinski definition) is 3. The van der Waals surface area contributed by atoms with Gasteiger partial charge in [-0.3, -0.25) is 4.79 Å². The summed E-state index contributed by atoms with van der Waals surface area (Å²) >= 11 is 0. The maximum absolute atomic E-state index is 11.8. The lowest BCUT2D eigenvalue weighted by Crippen LogP contribution is -2.54. The Bertz CT molecular complexity index is 463. The first-order valence-corrected chi connectivity index (χ1v) is 6.23. The van der Waals surface area contributed by atoms with Crippen LogP contribution in [0.5, 0.6) is 0 Å². The van der Waals surface area contributed by atoms with Gasteiger partial charge in [0.15, 0.2) is 0 Å². The van der Waals surface area contributed by atoms with Crippen LogP contribution in [0.3, 0.4) is 0 Å². The number of hydrogen-bond donors (Lipinski definition) is 1. The Labute approximate surface area is 111 Å². The van der Waals surface area contributed by atoms with Crippen molar-refractivity contribution in [3.8, 4) is 0 Å². The van der Waals surface area contributed by atoms with Gasteiger partial charge in [0.25, 0.3) is 0 Å². The van der Waals surface area contributed by atoms with Gasteiger partial charge in [0, 0.05) is 26.6 Å². The van der Waals surface area contributed by atoms with E-state index in [1.165, 1.54) is 0 Å². The molecule has 0 bridgehead atoms. The largest absolute Gasteiger partial charge is 0.478 e. The summed E-state index contributed by atoms with van der Waals surface area (Å²) in [6.07, 6.45) is 1.26. The fraction of sp³-hybridized carbons (Fsp3) is 0.429. The van der Waals surface area contributed by atoms with Gasteiger partial charge in [-0.1, -0.05) is 12.1 Å². The molecular formula is C14H17NO4. The molecule has 1 amide bonds. The molecule has 5 heteroatoms. The van der Waals surface area contributed by atoms with Crippen LogP contribution >= 0.6 is 0 Å². The van der Waals surface area contributed by atoms with Crippen molar-refractivity contribution in [2.75, 3.05) is 20.2 Å². The molecule has 1 aromatic carbocycles. The Kier molecular flexibility index (Phi) is 4.16. The summed E-state index contributed by atoms with van der Waals surface area (Å²) in [6, 6.07) is 6.63. The van der Waals surface area contributed by atoms with Crippen LogP contribution in [0.2, 0.25) is 0 Å². The number of benzene rings is 1. The normalized spacial score (nSPS) is 15.1. The molecule has 0 saturated carbocycles. The number of rotatable bonds is 5. The number of nitrogens with zero attached hydrogens (tertiary/aromatic N) is 1. The predicted octanol–water partition coefficient (Wildman–Crippen LogP) is 1.17. The molecular weight excluding hydrogens is 246 g/mol. The van der Waals surface area contributed by atoms with E-state index in [0.717, 1.165) is 5.56 Å². The molecule has 1 saturated heterocycles. The van der Waals surface area contributed by atoms with Gasteiger partial charge >= 0.3 is 5.97 Å². The number of carboxylic acids is 1. The van der Waals surface area contributed by atoms with E-state index in [2.05, 4.69) is 0 Å². The standard InChI is InChI=1S/C14H17NO4/c1-19-12-8-15(9-12)13(16)7-4-10-2-5-11(6-3-10)14(17)18/h2-3,5-6,12H,4,7-9H2,1H3,(H,17,18). The van der Waals surface area contributed by atoms with E-state index in [4.69, 9.17) is 9.84 Å². The maximum atomic E-state index is 11.8. The highest BCUT2D eigenvalue weighted by Crippen LogP contribution is 2.14. The molecule has 0 aliphatic carbocycles. The molecule has 19 heavy (non-hydrogen) atoms. The van der Waals surface area contributed by atoms with Crippen molar-refractivity contribution in [2.45, 2.75) is 18.9 Å². The zero-order valence-electron chi connectivity index (χ0n) is 10.8. The minimum atomic E-state index is -0.936. The Hall–Kier alpha value is -1.88. The van der Waals surface area contributed by atoms with Crippen molar-refractivity contribution in [3.63, 3.8) is 0 Å². The Balaban J connectivity index is 1.79. The average Bonchev–Trinajstić information content (AvgIpc) is 2.35. The van der Waals surface area contributed by atoms with Crippen molar-refractivity contribution in [2.24, 2.45) is 0 Å². The fourth-order valence-electron chi connectivity index (χ4n) is 2.01. The minimum absolute atomic E-state index is 0.121. The van der Waals surface area contributed by atoms with Crippen molar-refractivity contribution in [1.29, 1.82) is 0 Å². The van der Waals surface area contributed by atoms with E-state index in [1.54, 1.807) is 36.3 Å². The molecule has 1 aliphatic rings. The number of aromatic carboxylic acids is 1. The molecule has 1 aromatic rings. The number of carbonyl (C=O) groups is 2. The summed E-state index contributed by atoms with van der Waals surface area (Å²) in [5.74, 6) is -0.815. The highest BCUT2D eigenvalue weighted by Gasteiger charge is 2.29. The Morgan fingerprint density at radius 1 is 1.32 bits per heavy atom. The highest BCUT2D eigenvalue weighted by molar-refractivity contribution is 5.87. The van der Waals surface area contributed by atoms with Crippen LogP contribution in [-0.2, 0) is 16.0 Å². The summed E-state index contributed by atoms with van der Waals surface area (Å²) < 4.78 is 5.12. The van der Waals surface area contributed by atoms with E-state index < -0.39 is 5.97 Å². The lowest BCUT2D eigenvalue weighted by Gasteiger charge is -2.38. The second kappa shape index (κ2) is 5.84. The van der Waals surface area contributed by atoms with Crippen molar-refractivity contribution in [3.05, 3.63) is 35.4 Å². The Morgan fingerprint density at radius 3 is 2.47 bits per heavy atom. The quantitative estimate of drug-likeness (QED) is 0.866. The molecule has 0 spiro atoms. The third-order valence-corrected chi connectivity index (χ3v) is 3.36. The van der Waals surface area contributed by atoms with Crippen LogP contribution in [-0.4, -0.2) is 48.2 Å².